The molecule has 0 bridgehead atoms. The van der Waals surface area contributed by atoms with Gasteiger partial charge in [0.1, 0.15) is 5.54 Å². The van der Waals surface area contributed by atoms with E-state index in [4.69, 9.17) is 10.5 Å². The molecule has 3 nitrogen and oxygen atoms in total. The molecule has 3 heteroatoms. The predicted molar refractivity (Wildman–Crippen MR) is 48.8 cm³/mol. The highest BCUT2D eigenvalue weighted by Crippen LogP contribution is 2.15. The lowest BCUT2D eigenvalue weighted by molar-refractivity contribution is -0.150. The summed E-state index contributed by atoms with van der Waals surface area (Å²) >= 11 is 0. The van der Waals surface area contributed by atoms with Crippen LogP contribution in [0.4, 0.5) is 0 Å². The standard InChI is InChI=1S/C9H19NO2/c1-4-7-9(10,5-2)8(11)12-6-3/h4-7,10H2,1-3H3. The van der Waals surface area contributed by atoms with Crippen molar-refractivity contribution in [1.82, 2.24) is 0 Å². The van der Waals surface area contributed by atoms with Gasteiger partial charge in [-0.2, -0.15) is 0 Å². The van der Waals surface area contributed by atoms with Gasteiger partial charge >= 0.3 is 5.97 Å². The minimum Gasteiger partial charge on any atom is -0.465 e. The molecule has 0 aromatic heterocycles. The average molecular weight is 173 g/mol. The van der Waals surface area contributed by atoms with Gasteiger partial charge in [-0.15, -0.1) is 0 Å². The molecule has 0 radical (unpaired) electrons. The van der Waals surface area contributed by atoms with Crippen LogP contribution in [0, 0.1) is 0 Å². The van der Waals surface area contributed by atoms with Gasteiger partial charge in [0.05, 0.1) is 6.61 Å². The third-order valence-electron chi connectivity index (χ3n) is 2.01. The molecule has 0 aromatic rings. The Bertz CT molecular complexity index is 147. The molecule has 12 heavy (non-hydrogen) atoms. The Hall–Kier alpha value is -0.570. The second-order valence-corrected chi connectivity index (χ2v) is 2.98. The number of carbonyl (C=O) groups is 1. The lowest BCUT2D eigenvalue weighted by Gasteiger charge is -2.24. The fraction of sp³-hybridized carbons (Fsp3) is 0.889. The molecule has 0 fully saturated rings. The van der Waals surface area contributed by atoms with E-state index < -0.39 is 5.54 Å². The summed E-state index contributed by atoms with van der Waals surface area (Å²) in [6.45, 7) is 6.12. The largest absolute Gasteiger partial charge is 0.465 e. The van der Waals surface area contributed by atoms with Crippen LogP contribution in [0.15, 0.2) is 0 Å². The zero-order valence-electron chi connectivity index (χ0n) is 8.22. The maximum Gasteiger partial charge on any atom is 0.326 e. The SMILES string of the molecule is CCCC(N)(CC)C(=O)OCC. The first-order valence-corrected chi connectivity index (χ1v) is 4.56. The number of nitrogens with two attached hydrogens (primary N) is 1. The highest BCUT2D eigenvalue weighted by atomic mass is 16.5. The van der Waals surface area contributed by atoms with Crippen molar-refractivity contribution in [1.29, 1.82) is 0 Å². The zero-order chi connectivity index (χ0) is 9.61. The normalized spacial score (nSPS) is 15.3. The number of carbonyl (C=O) groups excluding carboxylic acids is 1. The fourth-order valence-corrected chi connectivity index (χ4v) is 1.14. The third-order valence-corrected chi connectivity index (χ3v) is 2.01. The molecule has 0 spiro atoms. The molecule has 72 valence electrons. The Balaban J connectivity index is 4.18. The molecule has 0 saturated heterocycles. The molecular weight excluding hydrogens is 154 g/mol. The summed E-state index contributed by atoms with van der Waals surface area (Å²) in [6, 6.07) is 0. The minimum absolute atomic E-state index is 0.269. The molecule has 0 saturated carbocycles. The lowest BCUT2D eigenvalue weighted by atomic mass is 9.92. The van der Waals surface area contributed by atoms with Crippen LogP contribution in [0.1, 0.15) is 40.0 Å². The first kappa shape index (κ1) is 11.4. The van der Waals surface area contributed by atoms with Crippen molar-refractivity contribution in [2.75, 3.05) is 6.61 Å². The van der Waals surface area contributed by atoms with E-state index in [9.17, 15) is 4.79 Å². The van der Waals surface area contributed by atoms with Gasteiger partial charge in [0.2, 0.25) is 0 Å². The Labute approximate surface area is 74.3 Å². The quantitative estimate of drug-likeness (QED) is 0.640. The summed E-state index contributed by atoms with van der Waals surface area (Å²) in [6.07, 6.45) is 2.24. The van der Waals surface area contributed by atoms with Crippen molar-refractivity contribution < 1.29 is 9.53 Å². The van der Waals surface area contributed by atoms with Gasteiger partial charge in [-0.05, 0) is 19.8 Å². The van der Waals surface area contributed by atoms with E-state index in [1.54, 1.807) is 6.92 Å². The van der Waals surface area contributed by atoms with E-state index in [0.717, 1.165) is 6.42 Å². The van der Waals surface area contributed by atoms with Gasteiger partial charge in [-0.3, -0.25) is 4.79 Å². The molecule has 0 rings (SSSR count). The average Bonchev–Trinajstić information content (AvgIpc) is 2.05. The first-order chi connectivity index (χ1) is 5.60. The van der Waals surface area contributed by atoms with Gasteiger partial charge in [0, 0.05) is 0 Å². The number of hydrogen-bond acceptors (Lipinski definition) is 3. The Morgan fingerprint density at radius 2 is 2.00 bits per heavy atom. The maximum atomic E-state index is 11.3. The topological polar surface area (TPSA) is 52.3 Å². The van der Waals surface area contributed by atoms with Crippen molar-refractivity contribution in [2.24, 2.45) is 5.73 Å². The maximum absolute atomic E-state index is 11.3. The first-order valence-electron chi connectivity index (χ1n) is 4.56. The second kappa shape index (κ2) is 5.14. The van der Waals surface area contributed by atoms with Crippen molar-refractivity contribution in [3.8, 4) is 0 Å². The molecule has 0 aliphatic rings. The molecule has 0 aromatic carbocycles. The summed E-state index contributed by atoms with van der Waals surface area (Å²) < 4.78 is 4.89. The summed E-state index contributed by atoms with van der Waals surface area (Å²) in [5.41, 5.74) is 5.10. The van der Waals surface area contributed by atoms with E-state index in [2.05, 4.69) is 0 Å². The molecule has 0 heterocycles. The third kappa shape index (κ3) is 2.81. The van der Waals surface area contributed by atoms with Crippen LogP contribution < -0.4 is 5.73 Å². The fourth-order valence-electron chi connectivity index (χ4n) is 1.14. The van der Waals surface area contributed by atoms with Crippen LogP contribution in [0.2, 0.25) is 0 Å². The lowest BCUT2D eigenvalue weighted by Crippen LogP contribution is -2.48. The van der Waals surface area contributed by atoms with E-state index in [-0.39, 0.29) is 5.97 Å². The second-order valence-electron chi connectivity index (χ2n) is 2.98. The van der Waals surface area contributed by atoms with E-state index in [1.165, 1.54) is 0 Å². The number of hydrogen-bond donors (Lipinski definition) is 1. The molecular formula is C9H19NO2. The number of esters is 1. The smallest absolute Gasteiger partial charge is 0.326 e. The van der Waals surface area contributed by atoms with Crippen molar-refractivity contribution >= 4 is 5.97 Å². The molecule has 1 unspecified atom stereocenters. The Kier molecular flexibility index (Phi) is 4.90. The highest BCUT2D eigenvalue weighted by Gasteiger charge is 2.32. The minimum atomic E-state index is -0.759. The van der Waals surface area contributed by atoms with Gasteiger partial charge in [0.25, 0.3) is 0 Å². The van der Waals surface area contributed by atoms with E-state index in [1.807, 2.05) is 13.8 Å². The van der Waals surface area contributed by atoms with Crippen LogP contribution in [0.3, 0.4) is 0 Å². The van der Waals surface area contributed by atoms with Gasteiger partial charge in [-0.25, -0.2) is 0 Å². The molecule has 0 amide bonds. The van der Waals surface area contributed by atoms with Gasteiger partial charge in [-0.1, -0.05) is 20.3 Å². The van der Waals surface area contributed by atoms with Gasteiger partial charge in [0.15, 0.2) is 0 Å². The zero-order valence-corrected chi connectivity index (χ0v) is 8.22. The van der Waals surface area contributed by atoms with Crippen molar-refractivity contribution in [3.63, 3.8) is 0 Å². The van der Waals surface area contributed by atoms with Crippen molar-refractivity contribution in [2.45, 2.75) is 45.6 Å². The van der Waals surface area contributed by atoms with Crippen LogP contribution in [-0.4, -0.2) is 18.1 Å². The van der Waals surface area contributed by atoms with E-state index in [0.29, 0.717) is 19.4 Å². The predicted octanol–water partition coefficient (Wildman–Crippen LogP) is 1.46. The summed E-state index contributed by atoms with van der Waals surface area (Å²) in [5, 5.41) is 0. The monoisotopic (exact) mass is 173 g/mol. The highest BCUT2D eigenvalue weighted by molar-refractivity contribution is 5.80. The van der Waals surface area contributed by atoms with Crippen LogP contribution in [0.25, 0.3) is 0 Å². The summed E-state index contributed by atoms with van der Waals surface area (Å²) in [5.74, 6) is -0.269. The number of ether oxygens (including phenoxy) is 1. The molecule has 2 N–H and O–H groups in total. The molecule has 0 aliphatic carbocycles. The Morgan fingerprint density at radius 3 is 2.33 bits per heavy atom. The van der Waals surface area contributed by atoms with Crippen LogP contribution in [-0.2, 0) is 9.53 Å². The van der Waals surface area contributed by atoms with Crippen molar-refractivity contribution in [3.05, 3.63) is 0 Å². The van der Waals surface area contributed by atoms with Gasteiger partial charge < -0.3 is 10.5 Å². The summed E-state index contributed by atoms with van der Waals surface area (Å²) in [7, 11) is 0. The molecule has 1 atom stereocenters. The Morgan fingerprint density at radius 1 is 1.42 bits per heavy atom. The van der Waals surface area contributed by atoms with E-state index >= 15 is 0 Å². The number of rotatable bonds is 5. The molecule has 0 aliphatic heterocycles. The van der Waals surface area contributed by atoms with Crippen LogP contribution >= 0.6 is 0 Å². The van der Waals surface area contributed by atoms with Crippen LogP contribution in [0.5, 0.6) is 0 Å². The summed E-state index contributed by atoms with van der Waals surface area (Å²) in [4.78, 5) is 11.3.